The molecule has 0 bridgehead atoms. The summed E-state index contributed by atoms with van der Waals surface area (Å²) in [5.41, 5.74) is 2.58. The highest BCUT2D eigenvalue weighted by atomic mass is 32.3. The summed E-state index contributed by atoms with van der Waals surface area (Å²) in [6.07, 6.45) is 3.44. The molecule has 4 nitrogen and oxygen atoms in total. The number of sulfonamides is 1. The zero-order chi connectivity index (χ0) is 25.7. The van der Waals surface area contributed by atoms with Crippen LogP contribution in [0.2, 0.25) is 0 Å². The molecule has 0 radical (unpaired) electrons. The summed E-state index contributed by atoms with van der Waals surface area (Å²) in [5, 5.41) is 0. The normalized spacial score (nSPS) is 14.9. The molecular weight excluding hydrogens is 462 g/mol. The van der Waals surface area contributed by atoms with Crippen LogP contribution in [0.15, 0.2) is 68.7 Å². The summed E-state index contributed by atoms with van der Waals surface area (Å²) in [7, 11) is -7.47. The average Bonchev–Trinajstić information content (AvgIpc) is 2.77. The monoisotopic (exact) mass is 503 g/mol. The minimum atomic E-state index is -4.21. The van der Waals surface area contributed by atoms with Crippen molar-refractivity contribution in [2.45, 2.75) is 88.9 Å². The molecule has 2 rings (SSSR count). The van der Waals surface area contributed by atoms with Crippen LogP contribution in [0.25, 0.3) is 0 Å². The molecule has 0 saturated heterocycles. The molecule has 1 unspecified atom stereocenters. The third kappa shape index (κ3) is 6.60. The Labute approximate surface area is 208 Å². The summed E-state index contributed by atoms with van der Waals surface area (Å²) in [6, 6.07) is 12.8. The van der Waals surface area contributed by atoms with Crippen molar-refractivity contribution in [3.8, 4) is 0 Å². The SMILES string of the molecule is C=C[C@H](CCC)CS(=O)(=NS(=O)(=O)c1c(C(C)C)cc(C(C)C)cc1C(C)C)c1ccccc1. The first-order chi connectivity index (χ1) is 15.9. The maximum atomic E-state index is 14.4. The lowest BCUT2D eigenvalue weighted by Crippen LogP contribution is -2.18. The Morgan fingerprint density at radius 1 is 0.882 bits per heavy atom. The predicted octanol–water partition coefficient (Wildman–Crippen LogP) is 7.87. The first-order valence-electron chi connectivity index (χ1n) is 12.2. The zero-order valence-corrected chi connectivity index (χ0v) is 23.4. The highest BCUT2D eigenvalue weighted by Gasteiger charge is 2.30. The molecule has 0 amide bonds. The van der Waals surface area contributed by atoms with Crippen molar-refractivity contribution in [2.24, 2.45) is 9.69 Å². The minimum Gasteiger partial charge on any atom is -0.244 e. The summed E-state index contributed by atoms with van der Waals surface area (Å²) in [5.74, 6) is 0.259. The molecule has 0 aliphatic heterocycles. The molecule has 0 aliphatic rings. The smallest absolute Gasteiger partial charge is 0.244 e. The maximum absolute atomic E-state index is 14.4. The van der Waals surface area contributed by atoms with Crippen molar-refractivity contribution < 1.29 is 12.6 Å². The number of rotatable bonds is 11. The van der Waals surface area contributed by atoms with E-state index < -0.39 is 19.8 Å². The van der Waals surface area contributed by atoms with Crippen molar-refractivity contribution in [2.75, 3.05) is 5.75 Å². The molecule has 0 N–H and O–H groups in total. The Morgan fingerprint density at radius 3 is 1.82 bits per heavy atom. The molecule has 0 saturated carbocycles. The number of hydrogen-bond donors (Lipinski definition) is 0. The topological polar surface area (TPSA) is 63.6 Å². The molecule has 188 valence electrons. The van der Waals surface area contributed by atoms with E-state index in [0.717, 1.165) is 29.5 Å². The van der Waals surface area contributed by atoms with Crippen LogP contribution in [0.4, 0.5) is 0 Å². The van der Waals surface area contributed by atoms with Crippen molar-refractivity contribution in [3.63, 3.8) is 0 Å². The molecule has 0 aliphatic carbocycles. The molecule has 2 aromatic rings. The Kier molecular flexibility index (Phi) is 9.72. The Hall–Kier alpha value is -1.92. The fourth-order valence-electron chi connectivity index (χ4n) is 4.12. The Morgan fingerprint density at radius 2 is 1.41 bits per heavy atom. The highest BCUT2D eigenvalue weighted by molar-refractivity contribution is 8.03. The molecule has 6 heteroatoms. The van der Waals surface area contributed by atoms with Crippen LogP contribution in [0, 0.1) is 5.92 Å². The van der Waals surface area contributed by atoms with Gasteiger partial charge in [-0.2, -0.15) is 8.42 Å². The second kappa shape index (κ2) is 11.7. The van der Waals surface area contributed by atoms with Gasteiger partial charge in [0.05, 0.1) is 14.6 Å². The fraction of sp³-hybridized carbons (Fsp3) is 0.500. The van der Waals surface area contributed by atoms with E-state index >= 15 is 0 Å². The van der Waals surface area contributed by atoms with Crippen molar-refractivity contribution >= 4 is 19.8 Å². The lowest BCUT2D eigenvalue weighted by atomic mass is 9.89. The fourth-order valence-corrected chi connectivity index (χ4v) is 9.11. The van der Waals surface area contributed by atoms with Gasteiger partial charge in [-0.05, 0) is 58.9 Å². The molecule has 0 fully saturated rings. The molecule has 2 atom stereocenters. The van der Waals surface area contributed by atoms with Crippen molar-refractivity contribution in [1.82, 2.24) is 0 Å². The van der Waals surface area contributed by atoms with Crippen LogP contribution in [0.3, 0.4) is 0 Å². The first kappa shape index (κ1) is 28.3. The van der Waals surface area contributed by atoms with Gasteiger partial charge in [-0.15, -0.1) is 10.3 Å². The Bertz CT molecular complexity index is 1170. The van der Waals surface area contributed by atoms with E-state index in [1.165, 1.54) is 0 Å². The number of benzene rings is 2. The van der Waals surface area contributed by atoms with Gasteiger partial charge in [-0.1, -0.05) is 91.3 Å². The highest BCUT2D eigenvalue weighted by Crippen LogP contribution is 2.37. The van der Waals surface area contributed by atoms with Gasteiger partial charge in [0.15, 0.2) is 0 Å². The number of hydrogen-bond acceptors (Lipinski definition) is 3. The number of nitrogens with zero attached hydrogens (tertiary/aromatic N) is 1. The largest absolute Gasteiger partial charge is 0.290 e. The van der Waals surface area contributed by atoms with Gasteiger partial charge in [0, 0.05) is 10.6 Å². The van der Waals surface area contributed by atoms with Crippen LogP contribution < -0.4 is 0 Å². The van der Waals surface area contributed by atoms with E-state index in [1.807, 2.05) is 45.9 Å². The second-order valence-corrected chi connectivity index (χ2v) is 14.0. The quantitative estimate of drug-likeness (QED) is 0.293. The third-order valence-corrected chi connectivity index (χ3v) is 10.7. The van der Waals surface area contributed by atoms with Crippen LogP contribution in [0.5, 0.6) is 0 Å². The van der Waals surface area contributed by atoms with Gasteiger partial charge >= 0.3 is 0 Å². The van der Waals surface area contributed by atoms with E-state index in [4.69, 9.17) is 0 Å². The van der Waals surface area contributed by atoms with Gasteiger partial charge in [-0.3, -0.25) is 0 Å². The van der Waals surface area contributed by atoms with E-state index in [1.54, 1.807) is 30.3 Å². The molecule has 34 heavy (non-hydrogen) atoms. The lowest BCUT2D eigenvalue weighted by Gasteiger charge is -2.22. The van der Waals surface area contributed by atoms with Gasteiger partial charge in [-0.25, -0.2) is 4.21 Å². The van der Waals surface area contributed by atoms with Crippen molar-refractivity contribution in [1.29, 1.82) is 0 Å². The molecule has 2 aromatic carbocycles. The van der Waals surface area contributed by atoms with Crippen LogP contribution in [-0.2, 0) is 19.8 Å². The molecule has 0 aromatic heterocycles. The lowest BCUT2D eigenvalue weighted by molar-refractivity contribution is 0.591. The standard InChI is InChI=1S/C28H41NO3S2/c1-9-14-23(10-2)19-33(30,25-15-12-11-13-16-25)29-34(31,32)28-26(21(5)6)17-24(20(3)4)18-27(28)22(7)8/h10-13,15-18,20-23H,2,9,14,19H2,1,3-8H3/t23-,33?/m1/s1. The molecular formula is C28H41NO3S2. The molecule has 0 heterocycles. The zero-order valence-electron chi connectivity index (χ0n) is 21.7. The van der Waals surface area contributed by atoms with Crippen molar-refractivity contribution in [3.05, 3.63) is 71.8 Å². The van der Waals surface area contributed by atoms with Crippen LogP contribution in [0.1, 0.15) is 95.8 Å². The van der Waals surface area contributed by atoms with Gasteiger partial charge in [0.1, 0.15) is 0 Å². The summed E-state index contributed by atoms with van der Waals surface area (Å²) in [6.45, 7) is 18.1. The third-order valence-electron chi connectivity index (χ3n) is 6.10. The van der Waals surface area contributed by atoms with Gasteiger partial charge < -0.3 is 0 Å². The van der Waals surface area contributed by atoms with E-state index in [2.05, 4.69) is 31.1 Å². The predicted molar refractivity (Wildman–Crippen MR) is 145 cm³/mol. The summed E-state index contributed by atoms with van der Waals surface area (Å²) >= 11 is 0. The summed E-state index contributed by atoms with van der Waals surface area (Å²) < 4.78 is 46.6. The van der Waals surface area contributed by atoms with E-state index in [0.29, 0.717) is 4.90 Å². The number of allylic oxidation sites excluding steroid dienone is 1. The first-order valence-corrected chi connectivity index (χ1v) is 15.3. The minimum absolute atomic E-state index is 0.0232. The van der Waals surface area contributed by atoms with Gasteiger partial charge in [0.25, 0.3) is 10.0 Å². The summed E-state index contributed by atoms with van der Waals surface area (Å²) in [4.78, 5) is 0.661. The maximum Gasteiger partial charge on any atom is 0.290 e. The van der Waals surface area contributed by atoms with Crippen LogP contribution in [-0.4, -0.2) is 18.4 Å². The molecule has 0 spiro atoms. The van der Waals surface area contributed by atoms with Gasteiger partial charge in [0.2, 0.25) is 0 Å². The average molecular weight is 504 g/mol. The Balaban J connectivity index is 2.90. The van der Waals surface area contributed by atoms with E-state index in [-0.39, 0.29) is 34.3 Å². The van der Waals surface area contributed by atoms with Crippen LogP contribution >= 0.6 is 0 Å². The van der Waals surface area contributed by atoms with E-state index in [9.17, 15) is 12.6 Å². The second-order valence-electron chi connectivity index (χ2n) is 9.95.